The lowest BCUT2D eigenvalue weighted by Crippen LogP contribution is -2.36. The Morgan fingerprint density at radius 2 is 1.93 bits per heavy atom. The number of amides is 1. The quantitative estimate of drug-likeness (QED) is 0.751. The molecule has 0 radical (unpaired) electrons. The molecule has 2 heterocycles. The van der Waals surface area contributed by atoms with Crippen molar-refractivity contribution < 1.29 is 13.2 Å². The number of tetrazole rings is 1. The topological polar surface area (TPSA) is 101 Å². The summed E-state index contributed by atoms with van der Waals surface area (Å²) in [4.78, 5) is 14.5. The maximum Gasteiger partial charge on any atom is 0.254 e. The van der Waals surface area contributed by atoms with E-state index < -0.39 is 10.0 Å². The van der Waals surface area contributed by atoms with Crippen molar-refractivity contribution in [3.05, 3.63) is 35.2 Å². The molecule has 1 aliphatic heterocycles. The standard InChI is InChI=1S/C17H24N6O3S/c1-13-7-8-14(17(24)21(2)12-16-18-19-20-22(16)3)11-15(13)27(25,26)23-9-5-4-6-10-23/h7-8,11H,4-6,9-10,12H2,1-3H3. The van der Waals surface area contributed by atoms with E-state index in [0.717, 1.165) is 19.3 Å². The number of carbonyl (C=O) groups is 1. The first kappa shape index (κ1) is 19.4. The van der Waals surface area contributed by atoms with Gasteiger partial charge in [-0.2, -0.15) is 4.31 Å². The van der Waals surface area contributed by atoms with E-state index in [0.29, 0.717) is 30.0 Å². The Labute approximate surface area is 159 Å². The number of hydrogen-bond acceptors (Lipinski definition) is 6. The van der Waals surface area contributed by atoms with Gasteiger partial charge in [0.2, 0.25) is 10.0 Å². The summed E-state index contributed by atoms with van der Waals surface area (Å²) in [6, 6.07) is 4.81. The fourth-order valence-electron chi connectivity index (χ4n) is 3.14. The number of piperidine rings is 1. The monoisotopic (exact) mass is 392 g/mol. The number of aryl methyl sites for hydroxylation is 2. The van der Waals surface area contributed by atoms with E-state index in [2.05, 4.69) is 15.5 Å². The molecule has 146 valence electrons. The molecule has 0 atom stereocenters. The van der Waals surface area contributed by atoms with Crippen LogP contribution in [0, 0.1) is 6.92 Å². The van der Waals surface area contributed by atoms with E-state index in [4.69, 9.17) is 0 Å². The maximum absolute atomic E-state index is 13.0. The van der Waals surface area contributed by atoms with E-state index in [-0.39, 0.29) is 17.3 Å². The van der Waals surface area contributed by atoms with Crippen LogP contribution in [0.25, 0.3) is 0 Å². The Morgan fingerprint density at radius 3 is 2.56 bits per heavy atom. The molecule has 1 aromatic heterocycles. The molecule has 0 aliphatic carbocycles. The average molecular weight is 392 g/mol. The van der Waals surface area contributed by atoms with Gasteiger partial charge in [0.05, 0.1) is 11.4 Å². The molecule has 0 N–H and O–H groups in total. The third-order valence-corrected chi connectivity index (χ3v) is 6.84. The molecule has 1 fully saturated rings. The minimum absolute atomic E-state index is 0.198. The summed E-state index contributed by atoms with van der Waals surface area (Å²) in [5.41, 5.74) is 0.964. The van der Waals surface area contributed by atoms with Crippen LogP contribution in [0.5, 0.6) is 0 Å². The molecule has 9 nitrogen and oxygen atoms in total. The van der Waals surface area contributed by atoms with Crippen LogP contribution in [0.2, 0.25) is 0 Å². The second-order valence-corrected chi connectivity index (χ2v) is 8.73. The molecule has 10 heteroatoms. The van der Waals surface area contributed by atoms with Crippen molar-refractivity contribution in [3.63, 3.8) is 0 Å². The Kier molecular flexibility index (Phi) is 5.56. The van der Waals surface area contributed by atoms with E-state index in [1.807, 2.05) is 0 Å². The lowest BCUT2D eigenvalue weighted by Gasteiger charge is -2.27. The third kappa shape index (κ3) is 4.01. The molecule has 1 aromatic carbocycles. The molecular weight excluding hydrogens is 368 g/mol. The van der Waals surface area contributed by atoms with Gasteiger partial charge in [0.15, 0.2) is 5.82 Å². The summed E-state index contributed by atoms with van der Waals surface area (Å²) in [6.07, 6.45) is 2.78. The van der Waals surface area contributed by atoms with Gasteiger partial charge in [-0.15, -0.1) is 5.10 Å². The van der Waals surface area contributed by atoms with Crippen molar-refractivity contribution in [2.45, 2.75) is 37.6 Å². The van der Waals surface area contributed by atoms with Gasteiger partial charge in [-0.3, -0.25) is 4.79 Å². The number of nitrogens with zero attached hydrogens (tertiary/aromatic N) is 6. The zero-order valence-corrected chi connectivity index (χ0v) is 16.6. The van der Waals surface area contributed by atoms with E-state index >= 15 is 0 Å². The first-order valence-electron chi connectivity index (χ1n) is 8.88. The summed E-state index contributed by atoms with van der Waals surface area (Å²) in [6.45, 7) is 3.03. The Bertz CT molecular complexity index is 934. The van der Waals surface area contributed by atoms with Crippen molar-refractivity contribution in [2.75, 3.05) is 20.1 Å². The highest BCUT2D eigenvalue weighted by Gasteiger charge is 2.28. The second kappa shape index (κ2) is 7.73. The summed E-state index contributed by atoms with van der Waals surface area (Å²) in [5.74, 6) is 0.257. The fourth-order valence-corrected chi connectivity index (χ4v) is 4.91. The van der Waals surface area contributed by atoms with Gasteiger partial charge in [-0.1, -0.05) is 12.5 Å². The number of hydrogen-bond donors (Lipinski definition) is 0. The highest BCUT2D eigenvalue weighted by atomic mass is 32.2. The normalized spacial score (nSPS) is 15.7. The lowest BCUT2D eigenvalue weighted by molar-refractivity contribution is 0.0780. The number of rotatable bonds is 5. The predicted molar refractivity (Wildman–Crippen MR) is 98.4 cm³/mol. The van der Waals surface area contributed by atoms with Gasteiger partial charge in [-0.05, 0) is 47.9 Å². The minimum Gasteiger partial charge on any atom is -0.334 e. The molecule has 1 aliphatic rings. The Morgan fingerprint density at radius 1 is 1.22 bits per heavy atom. The molecule has 0 bridgehead atoms. The van der Waals surface area contributed by atoms with E-state index in [1.165, 1.54) is 20.0 Å². The third-order valence-electron chi connectivity index (χ3n) is 4.80. The second-order valence-electron chi connectivity index (χ2n) is 6.82. The SMILES string of the molecule is Cc1ccc(C(=O)N(C)Cc2nnnn2C)cc1S(=O)(=O)N1CCCCC1. The first-order chi connectivity index (χ1) is 12.8. The van der Waals surface area contributed by atoms with Crippen LogP contribution in [-0.4, -0.2) is 63.9 Å². The molecule has 0 spiro atoms. The Balaban J connectivity index is 1.86. The molecular formula is C17H24N6O3S. The number of aromatic nitrogens is 4. The van der Waals surface area contributed by atoms with Crippen molar-refractivity contribution in [1.29, 1.82) is 0 Å². The highest BCUT2D eigenvalue weighted by Crippen LogP contribution is 2.25. The fraction of sp³-hybridized carbons (Fsp3) is 0.529. The van der Waals surface area contributed by atoms with Gasteiger partial charge < -0.3 is 4.90 Å². The van der Waals surface area contributed by atoms with Crippen LogP contribution in [0.15, 0.2) is 23.1 Å². The van der Waals surface area contributed by atoms with Crippen molar-refractivity contribution in [1.82, 2.24) is 29.4 Å². The van der Waals surface area contributed by atoms with Crippen molar-refractivity contribution in [2.24, 2.45) is 7.05 Å². The molecule has 0 saturated carbocycles. The van der Waals surface area contributed by atoms with Gasteiger partial charge in [0.1, 0.15) is 0 Å². The predicted octanol–water partition coefficient (Wildman–Crippen LogP) is 0.965. The maximum atomic E-state index is 13.0. The average Bonchev–Trinajstić information content (AvgIpc) is 3.06. The smallest absolute Gasteiger partial charge is 0.254 e. The summed E-state index contributed by atoms with van der Waals surface area (Å²) in [7, 11) is -0.273. The van der Waals surface area contributed by atoms with Gasteiger partial charge in [0.25, 0.3) is 5.91 Å². The van der Waals surface area contributed by atoms with Crippen LogP contribution in [0.3, 0.4) is 0 Å². The van der Waals surface area contributed by atoms with Crippen LogP contribution in [-0.2, 0) is 23.6 Å². The largest absolute Gasteiger partial charge is 0.334 e. The van der Waals surface area contributed by atoms with Gasteiger partial charge in [-0.25, -0.2) is 13.1 Å². The molecule has 1 amide bonds. The summed E-state index contributed by atoms with van der Waals surface area (Å²) >= 11 is 0. The molecule has 3 rings (SSSR count). The molecule has 1 saturated heterocycles. The van der Waals surface area contributed by atoms with Crippen LogP contribution in [0.1, 0.15) is 41.0 Å². The van der Waals surface area contributed by atoms with Crippen molar-refractivity contribution in [3.8, 4) is 0 Å². The summed E-state index contributed by atoms with van der Waals surface area (Å²) < 4.78 is 29.1. The van der Waals surface area contributed by atoms with Gasteiger partial charge >= 0.3 is 0 Å². The summed E-state index contributed by atoms with van der Waals surface area (Å²) in [5, 5.41) is 11.2. The first-order valence-corrected chi connectivity index (χ1v) is 10.3. The molecule has 2 aromatic rings. The van der Waals surface area contributed by atoms with Crippen LogP contribution >= 0.6 is 0 Å². The zero-order chi connectivity index (χ0) is 19.6. The highest BCUT2D eigenvalue weighted by molar-refractivity contribution is 7.89. The van der Waals surface area contributed by atoms with Crippen LogP contribution < -0.4 is 0 Å². The zero-order valence-electron chi connectivity index (χ0n) is 15.8. The van der Waals surface area contributed by atoms with E-state index in [1.54, 1.807) is 33.2 Å². The molecule has 0 unspecified atom stereocenters. The van der Waals surface area contributed by atoms with E-state index in [9.17, 15) is 13.2 Å². The minimum atomic E-state index is -3.60. The Hall–Kier alpha value is -2.33. The number of sulfonamides is 1. The number of benzene rings is 1. The van der Waals surface area contributed by atoms with Crippen molar-refractivity contribution >= 4 is 15.9 Å². The number of carbonyl (C=O) groups excluding carboxylic acids is 1. The molecule has 27 heavy (non-hydrogen) atoms. The van der Waals surface area contributed by atoms with Crippen LogP contribution in [0.4, 0.5) is 0 Å². The lowest BCUT2D eigenvalue weighted by atomic mass is 10.1. The van der Waals surface area contributed by atoms with Gasteiger partial charge in [0, 0.05) is 32.7 Å².